The molecule has 6 heteroatoms. The maximum absolute atomic E-state index is 11.2. The smallest absolute Gasteiger partial charge is 0.219 e. The number of carbonyl (C=O) groups is 1. The summed E-state index contributed by atoms with van der Waals surface area (Å²) in [5, 5.41) is 9.63. The second-order valence-corrected chi connectivity index (χ2v) is 5.74. The molecule has 0 aliphatic carbocycles. The van der Waals surface area contributed by atoms with Gasteiger partial charge in [-0.25, -0.2) is 9.97 Å². The lowest BCUT2D eigenvalue weighted by Crippen LogP contribution is -2.48. The van der Waals surface area contributed by atoms with Crippen molar-refractivity contribution in [3.05, 3.63) is 17.6 Å². The molecule has 3 rings (SSSR count). The molecule has 2 aliphatic heterocycles. The minimum absolute atomic E-state index is 0.108. The van der Waals surface area contributed by atoms with Gasteiger partial charge in [0.25, 0.3) is 0 Å². The van der Waals surface area contributed by atoms with Gasteiger partial charge >= 0.3 is 0 Å². The van der Waals surface area contributed by atoms with Gasteiger partial charge < -0.3 is 14.9 Å². The molecule has 1 aromatic heterocycles. The van der Waals surface area contributed by atoms with E-state index in [-0.39, 0.29) is 17.9 Å². The Morgan fingerprint density at radius 3 is 2.70 bits per heavy atom. The monoisotopic (exact) mass is 276 g/mol. The van der Waals surface area contributed by atoms with Crippen molar-refractivity contribution >= 4 is 11.7 Å². The average molecular weight is 276 g/mol. The van der Waals surface area contributed by atoms with E-state index in [1.807, 2.05) is 13.0 Å². The van der Waals surface area contributed by atoms with E-state index >= 15 is 0 Å². The number of rotatable bonds is 2. The third-order valence-corrected chi connectivity index (χ3v) is 4.04. The van der Waals surface area contributed by atoms with E-state index in [1.165, 1.54) is 0 Å². The second-order valence-electron chi connectivity index (χ2n) is 5.74. The molecule has 1 N–H and O–H groups in total. The van der Waals surface area contributed by atoms with Gasteiger partial charge in [0.15, 0.2) is 0 Å². The molecule has 0 radical (unpaired) electrons. The molecule has 2 saturated heterocycles. The summed E-state index contributed by atoms with van der Waals surface area (Å²) in [6, 6.07) is 1.96. The number of nitrogens with zero attached hydrogens (tertiary/aromatic N) is 4. The number of anilines is 1. The number of likely N-dealkylation sites (tertiary alicyclic amines) is 1. The van der Waals surface area contributed by atoms with Crippen molar-refractivity contribution in [2.24, 2.45) is 0 Å². The van der Waals surface area contributed by atoms with Crippen LogP contribution in [0.15, 0.2) is 6.07 Å². The van der Waals surface area contributed by atoms with Crippen molar-refractivity contribution in [2.75, 3.05) is 31.1 Å². The molecule has 1 aromatic rings. The Labute approximate surface area is 118 Å². The lowest BCUT2D eigenvalue weighted by atomic mass is 9.99. The molecule has 0 unspecified atom stereocenters. The zero-order valence-electron chi connectivity index (χ0n) is 11.9. The molecule has 6 nitrogen and oxygen atoms in total. The van der Waals surface area contributed by atoms with Crippen LogP contribution >= 0.6 is 0 Å². The van der Waals surface area contributed by atoms with E-state index in [2.05, 4.69) is 14.9 Å². The summed E-state index contributed by atoms with van der Waals surface area (Å²) in [5.41, 5.74) is 0.938. The minimum Gasteiger partial charge on any atom is -0.391 e. The molecule has 0 saturated carbocycles. The molecule has 3 heterocycles. The fraction of sp³-hybridized carbons (Fsp3) is 0.643. The van der Waals surface area contributed by atoms with Crippen LogP contribution < -0.4 is 4.90 Å². The molecule has 2 fully saturated rings. The van der Waals surface area contributed by atoms with Crippen molar-refractivity contribution in [3.8, 4) is 0 Å². The zero-order chi connectivity index (χ0) is 14.3. The van der Waals surface area contributed by atoms with Gasteiger partial charge in [0.05, 0.1) is 12.0 Å². The number of amides is 1. The lowest BCUT2D eigenvalue weighted by molar-refractivity contribution is -0.133. The first-order chi connectivity index (χ1) is 9.52. The van der Waals surface area contributed by atoms with E-state index in [0.29, 0.717) is 19.6 Å². The molecule has 1 atom stereocenters. The van der Waals surface area contributed by atoms with E-state index in [4.69, 9.17) is 0 Å². The summed E-state index contributed by atoms with van der Waals surface area (Å²) in [4.78, 5) is 24.3. The number of aliphatic hydroxyl groups excluding tert-OH is 1. The van der Waals surface area contributed by atoms with Crippen molar-refractivity contribution in [1.29, 1.82) is 0 Å². The van der Waals surface area contributed by atoms with Crippen molar-refractivity contribution in [2.45, 2.75) is 32.3 Å². The SMILES string of the molecule is CC(=O)N1CC(c2nc(C)cc(N3CC[C@@H](O)C3)n2)C1. The van der Waals surface area contributed by atoms with Crippen molar-refractivity contribution in [3.63, 3.8) is 0 Å². The van der Waals surface area contributed by atoms with Gasteiger partial charge in [0.2, 0.25) is 5.91 Å². The molecule has 0 spiro atoms. The first-order valence-corrected chi connectivity index (χ1v) is 7.07. The molecule has 0 bridgehead atoms. The molecule has 20 heavy (non-hydrogen) atoms. The van der Waals surface area contributed by atoms with Crippen LogP contribution in [0.4, 0.5) is 5.82 Å². The highest BCUT2D eigenvalue weighted by Crippen LogP contribution is 2.27. The zero-order valence-corrected chi connectivity index (χ0v) is 11.9. The fourth-order valence-electron chi connectivity index (χ4n) is 2.77. The quantitative estimate of drug-likeness (QED) is 0.841. The number of carbonyl (C=O) groups excluding carboxylic acids is 1. The minimum atomic E-state index is -0.259. The number of hydrogen-bond acceptors (Lipinski definition) is 5. The van der Waals surface area contributed by atoms with Crippen LogP contribution in [-0.4, -0.2) is 58.2 Å². The highest BCUT2D eigenvalue weighted by molar-refractivity contribution is 5.74. The Bertz CT molecular complexity index is 528. The van der Waals surface area contributed by atoms with Gasteiger partial charge in [0.1, 0.15) is 11.6 Å². The Kier molecular flexibility index (Phi) is 3.33. The van der Waals surface area contributed by atoms with Crippen LogP contribution in [0.1, 0.15) is 30.8 Å². The largest absolute Gasteiger partial charge is 0.391 e. The number of β-amino-alcohol motifs (C(OH)–C–C–N with tert-alkyl or cyclic N) is 1. The third kappa shape index (κ3) is 2.47. The Hall–Kier alpha value is -1.69. The molecular formula is C14H20N4O2. The van der Waals surface area contributed by atoms with Gasteiger partial charge in [0, 0.05) is 44.9 Å². The summed E-state index contributed by atoms with van der Waals surface area (Å²) in [5.74, 6) is 2.06. The fourth-order valence-corrected chi connectivity index (χ4v) is 2.77. The highest BCUT2D eigenvalue weighted by Gasteiger charge is 2.32. The number of aryl methyl sites for hydroxylation is 1. The summed E-state index contributed by atoms with van der Waals surface area (Å²) in [6.45, 7) is 6.44. The summed E-state index contributed by atoms with van der Waals surface area (Å²) >= 11 is 0. The van der Waals surface area contributed by atoms with Gasteiger partial charge in [-0.1, -0.05) is 0 Å². The maximum atomic E-state index is 11.2. The summed E-state index contributed by atoms with van der Waals surface area (Å²) in [6.07, 6.45) is 0.533. The maximum Gasteiger partial charge on any atom is 0.219 e. The lowest BCUT2D eigenvalue weighted by Gasteiger charge is -2.37. The number of hydrogen-bond donors (Lipinski definition) is 1. The van der Waals surface area contributed by atoms with Gasteiger partial charge in [-0.05, 0) is 13.3 Å². The Morgan fingerprint density at radius 2 is 2.10 bits per heavy atom. The predicted octanol–water partition coefficient (Wildman–Crippen LogP) is 0.302. The molecule has 1 amide bonds. The van der Waals surface area contributed by atoms with Crippen LogP contribution in [-0.2, 0) is 4.79 Å². The van der Waals surface area contributed by atoms with Crippen LogP contribution in [0.25, 0.3) is 0 Å². The first-order valence-electron chi connectivity index (χ1n) is 7.07. The first kappa shape index (κ1) is 13.3. The van der Waals surface area contributed by atoms with E-state index in [1.54, 1.807) is 11.8 Å². The standard InChI is InChI=1S/C14H20N4O2/c1-9-5-13(17-4-3-12(20)8-17)16-14(15-9)11-6-18(7-11)10(2)19/h5,11-12,20H,3-4,6-8H2,1-2H3/t12-/m1/s1. The van der Waals surface area contributed by atoms with Crippen LogP contribution in [0, 0.1) is 6.92 Å². The predicted molar refractivity (Wildman–Crippen MR) is 74.6 cm³/mol. The topological polar surface area (TPSA) is 69.6 Å². The molecule has 108 valence electrons. The third-order valence-electron chi connectivity index (χ3n) is 4.04. The highest BCUT2D eigenvalue weighted by atomic mass is 16.3. The van der Waals surface area contributed by atoms with Gasteiger partial charge in [-0.15, -0.1) is 0 Å². The van der Waals surface area contributed by atoms with Crippen LogP contribution in [0.3, 0.4) is 0 Å². The Morgan fingerprint density at radius 1 is 1.35 bits per heavy atom. The van der Waals surface area contributed by atoms with E-state index in [9.17, 15) is 9.90 Å². The number of aromatic nitrogens is 2. The van der Waals surface area contributed by atoms with Crippen LogP contribution in [0.5, 0.6) is 0 Å². The number of aliphatic hydroxyl groups is 1. The van der Waals surface area contributed by atoms with Gasteiger partial charge in [-0.3, -0.25) is 4.79 Å². The van der Waals surface area contributed by atoms with Crippen molar-refractivity contribution in [1.82, 2.24) is 14.9 Å². The molecule has 2 aliphatic rings. The van der Waals surface area contributed by atoms with Crippen LogP contribution in [0.2, 0.25) is 0 Å². The van der Waals surface area contributed by atoms with Crippen molar-refractivity contribution < 1.29 is 9.90 Å². The normalized spacial score (nSPS) is 23.1. The van der Waals surface area contributed by atoms with Gasteiger partial charge in [-0.2, -0.15) is 0 Å². The Balaban J connectivity index is 1.76. The average Bonchev–Trinajstić information content (AvgIpc) is 2.72. The molecular weight excluding hydrogens is 256 g/mol. The summed E-state index contributed by atoms with van der Waals surface area (Å²) < 4.78 is 0. The second kappa shape index (κ2) is 5.01. The summed E-state index contributed by atoms with van der Waals surface area (Å²) in [7, 11) is 0. The van der Waals surface area contributed by atoms with E-state index < -0.39 is 0 Å². The van der Waals surface area contributed by atoms with E-state index in [0.717, 1.165) is 30.3 Å². The molecule has 0 aromatic carbocycles.